The van der Waals surface area contributed by atoms with E-state index in [2.05, 4.69) is 10.2 Å². The van der Waals surface area contributed by atoms with Crippen LogP contribution in [0.1, 0.15) is 45.6 Å². The number of likely N-dealkylation sites (tertiary alicyclic amines) is 1. The maximum Gasteiger partial charge on any atom is 0.237 e. The summed E-state index contributed by atoms with van der Waals surface area (Å²) in [6.45, 7) is 7.40. The van der Waals surface area contributed by atoms with Crippen LogP contribution in [0.5, 0.6) is 5.75 Å². The summed E-state index contributed by atoms with van der Waals surface area (Å²) in [6.07, 6.45) is 2.28. The molecule has 1 N–H and O–H groups in total. The van der Waals surface area contributed by atoms with Crippen molar-refractivity contribution in [3.63, 3.8) is 0 Å². The largest absolute Gasteiger partial charge is 0.496 e. The second-order valence-corrected chi connectivity index (χ2v) is 7.41. The van der Waals surface area contributed by atoms with Gasteiger partial charge in [0.25, 0.3) is 0 Å². The highest BCUT2D eigenvalue weighted by Gasteiger charge is 2.34. The summed E-state index contributed by atoms with van der Waals surface area (Å²) in [5.74, 6) is 0.776. The Hall–Kier alpha value is -1.62. The Balaban J connectivity index is 1.89. The summed E-state index contributed by atoms with van der Waals surface area (Å²) >= 11 is 0. The Morgan fingerprint density at radius 2 is 2.16 bits per heavy atom. The predicted molar refractivity (Wildman–Crippen MR) is 98.4 cm³/mol. The minimum atomic E-state index is -1.19. The van der Waals surface area contributed by atoms with Gasteiger partial charge in [0.1, 0.15) is 11.4 Å². The third kappa shape index (κ3) is 5.18. The number of methoxy groups -OCH3 is 1. The van der Waals surface area contributed by atoms with Gasteiger partial charge in [-0.25, -0.2) is 4.39 Å². The molecule has 1 saturated heterocycles. The molecule has 0 spiro atoms. The minimum Gasteiger partial charge on any atom is -0.496 e. The van der Waals surface area contributed by atoms with Crippen molar-refractivity contribution < 1.29 is 13.9 Å². The maximum absolute atomic E-state index is 14.5. The fourth-order valence-corrected chi connectivity index (χ4v) is 3.19. The van der Waals surface area contributed by atoms with Crippen molar-refractivity contribution in [3.8, 4) is 5.75 Å². The summed E-state index contributed by atoms with van der Waals surface area (Å²) in [7, 11) is 1.63. The van der Waals surface area contributed by atoms with Crippen LogP contribution in [0.25, 0.3) is 0 Å². The van der Waals surface area contributed by atoms with E-state index < -0.39 is 5.67 Å². The van der Waals surface area contributed by atoms with Crippen LogP contribution in [0.3, 0.4) is 0 Å². The topological polar surface area (TPSA) is 41.6 Å². The molecule has 0 saturated carbocycles. The third-order valence-corrected chi connectivity index (χ3v) is 5.40. The fraction of sp³-hybridized carbons (Fsp3) is 0.650. The number of para-hydroxylation sites is 1. The molecule has 1 aliphatic heterocycles. The summed E-state index contributed by atoms with van der Waals surface area (Å²) in [6, 6.07) is 7.52. The first-order valence-electron chi connectivity index (χ1n) is 9.17. The smallest absolute Gasteiger partial charge is 0.237 e. The molecule has 1 heterocycles. The molecule has 5 heteroatoms. The van der Waals surface area contributed by atoms with Crippen LogP contribution in [0, 0.1) is 5.92 Å². The number of carbonyl (C=O) groups excluding carboxylic acids is 1. The molecule has 1 aromatic rings. The zero-order valence-electron chi connectivity index (χ0n) is 15.8. The maximum atomic E-state index is 14.5. The number of nitrogens with one attached hydrogen (secondary N) is 1. The molecule has 0 aromatic heterocycles. The molecule has 140 valence electrons. The van der Waals surface area contributed by atoms with Crippen LogP contribution in [0.2, 0.25) is 0 Å². The van der Waals surface area contributed by atoms with Gasteiger partial charge in [-0.1, -0.05) is 32.0 Å². The molecule has 2 rings (SSSR count). The van der Waals surface area contributed by atoms with E-state index in [1.807, 2.05) is 38.1 Å². The van der Waals surface area contributed by atoms with Crippen molar-refractivity contribution in [3.05, 3.63) is 29.8 Å². The molecule has 2 unspecified atom stereocenters. The van der Waals surface area contributed by atoms with Crippen LogP contribution in [-0.4, -0.2) is 42.7 Å². The second-order valence-electron chi connectivity index (χ2n) is 7.41. The molecule has 4 nitrogen and oxygen atoms in total. The van der Waals surface area contributed by atoms with Gasteiger partial charge in [-0.15, -0.1) is 0 Å². The van der Waals surface area contributed by atoms with E-state index in [9.17, 15) is 9.18 Å². The van der Waals surface area contributed by atoms with Crippen molar-refractivity contribution in [2.75, 3.05) is 20.2 Å². The van der Waals surface area contributed by atoms with Crippen LogP contribution in [-0.2, 0) is 11.3 Å². The average molecular weight is 350 g/mol. The molecule has 25 heavy (non-hydrogen) atoms. The average Bonchev–Trinajstić information content (AvgIpc) is 3.06. The molecular weight excluding hydrogens is 319 g/mol. The molecule has 1 amide bonds. The zero-order chi connectivity index (χ0) is 18.4. The highest BCUT2D eigenvalue weighted by molar-refractivity contribution is 5.82. The first-order chi connectivity index (χ1) is 11.8. The molecule has 1 fully saturated rings. The van der Waals surface area contributed by atoms with Gasteiger partial charge in [0.15, 0.2) is 0 Å². The first-order valence-corrected chi connectivity index (χ1v) is 9.17. The van der Waals surface area contributed by atoms with E-state index in [0.29, 0.717) is 19.5 Å². The standard InChI is InChI=1S/C20H31FN2O2/c1-15(2)20(3,21)11-13-23-12-7-9-17(23)19(24)22-14-16-8-5-6-10-18(16)25-4/h5-6,8,10,15,17H,7,9,11-14H2,1-4H3,(H,22,24). The number of ether oxygens (including phenoxy) is 1. The lowest BCUT2D eigenvalue weighted by molar-refractivity contribution is -0.125. The molecule has 1 aliphatic rings. The molecule has 0 radical (unpaired) electrons. The van der Waals surface area contributed by atoms with Crippen LogP contribution in [0.15, 0.2) is 24.3 Å². The van der Waals surface area contributed by atoms with Gasteiger partial charge in [-0.05, 0) is 44.7 Å². The highest BCUT2D eigenvalue weighted by Crippen LogP contribution is 2.27. The number of benzene rings is 1. The second kappa shape index (κ2) is 8.65. The minimum absolute atomic E-state index is 0.0204. The summed E-state index contributed by atoms with van der Waals surface area (Å²) in [5, 5.41) is 3.01. The van der Waals surface area contributed by atoms with Crippen LogP contribution in [0.4, 0.5) is 4.39 Å². The third-order valence-electron chi connectivity index (χ3n) is 5.40. The number of carbonyl (C=O) groups is 1. The quantitative estimate of drug-likeness (QED) is 0.779. The Morgan fingerprint density at radius 1 is 1.44 bits per heavy atom. The van der Waals surface area contributed by atoms with E-state index in [1.165, 1.54) is 0 Å². The van der Waals surface area contributed by atoms with E-state index in [1.54, 1.807) is 14.0 Å². The van der Waals surface area contributed by atoms with Gasteiger partial charge >= 0.3 is 0 Å². The molecular formula is C20H31FN2O2. The Kier molecular flexibility index (Phi) is 6.82. The number of hydrogen-bond donors (Lipinski definition) is 1. The van der Waals surface area contributed by atoms with E-state index in [-0.39, 0.29) is 17.9 Å². The highest BCUT2D eigenvalue weighted by atomic mass is 19.1. The van der Waals surface area contributed by atoms with Crippen molar-refractivity contribution >= 4 is 5.91 Å². The van der Waals surface area contributed by atoms with Gasteiger partial charge in [0.05, 0.1) is 13.2 Å². The predicted octanol–water partition coefficient (Wildman–Crippen LogP) is 3.55. The van der Waals surface area contributed by atoms with Crippen molar-refractivity contribution in [2.24, 2.45) is 5.92 Å². The lowest BCUT2D eigenvalue weighted by Gasteiger charge is -2.29. The lowest BCUT2D eigenvalue weighted by atomic mass is 9.91. The summed E-state index contributed by atoms with van der Waals surface area (Å²) in [5.41, 5.74) is -0.236. The van der Waals surface area contributed by atoms with Gasteiger partial charge in [-0.3, -0.25) is 9.69 Å². The van der Waals surface area contributed by atoms with Gasteiger partial charge in [-0.2, -0.15) is 0 Å². The van der Waals surface area contributed by atoms with Crippen molar-refractivity contribution in [1.82, 2.24) is 10.2 Å². The van der Waals surface area contributed by atoms with Crippen LogP contribution < -0.4 is 10.1 Å². The van der Waals surface area contributed by atoms with Crippen molar-refractivity contribution in [1.29, 1.82) is 0 Å². The van der Waals surface area contributed by atoms with E-state index >= 15 is 0 Å². The lowest BCUT2D eigenvalue weighted by Crippen LogP contribution is -2.44. The number of nitrogens with zero attached hydrogens (tertiary/aromatic N) is 1. The number of hydrogen-bond acceptors (Lipinski definition) is 3. The Morgan fingerprint density at radius 3 is 2.84 bits per heavy atom. The Labute approximate surface area is 150 Å². The van der Waals surface area contributed by atoms with Crippen molar-refractivity contribution in [2.45, 2.75) is 58.3 Å². The van der Waals surface area contributed by atoms with Gasteiger partial charge in [0.2, 0.25) is 5.91 Å². The number of rotatable bonds is 8. The zero-order valence-corrected chi connectivity index (χ0v) is 15.8. The summed E-state index contributed by atoms with van der Waals surface area (Å²) in [4.78, 5) is 14.7. The SMILES string of the molecule is COc1ccccc1CNC(=O)C1CCCN1CCC(C)(F)C(C)C. The molecule has 0 aliphatic carbocycles. The van der Waals surface area contributed by atoms with E-state index in [0.717, 1.165) is 30.7 Å². The molecule has 1 aromatic carbocycles. The fourth-order valence-electron chi connectivity index (χ4n) is 3.19. The normalized spacial score (nSPS) is 20.5. The number of alkyl halides is 1. The molecule has 2 atom stereocenters. The van der Waals surface area contributed by atoms with Crippen LogP contribution >= 0.6 is 0 Å². The van der Waals surface area contributed by atoms with Gasteiger partial charge < -0.3 is 10.1 Å². The molecule has 0 bridgehead atoms. The number of amides is 1. The summed E-state index contributed by atoms with van der Waals surface area (Å²) < 4.78 is 19.8. The van der Waals surface area contributed by atoms with Gasteiger partial charge in [0, 0.05) is 18.7 Å². The first kappa shape index (κ1) is 19.7. The Bertz CT molecular complexity index is 575. The van der Waals surface area contributed by atoms with E-state index in [4.69, 9.17) is 4.74 Å². The monoisotopic (exact) mass is 350 g/mol. The number of halogens is 1.